The summed E-state index contributed by atoms with van der Waals surface area (Å²) in [6.07, 6.45) is 0. The van der Waals surface area contributed by atoms with Crippen molar-refractivity contribution in [3.8, 4) is 12.1 Å². The second-order valence-corrected chi connectivity index (χ2v) is 2.29. The topological polar surface area (TPSA) is 103 Å². The Morgan fingerprint density at radius 1 is 1.20 bits per heavy atom. The van der Waals surface area contributed by atoms with E-state index in [-0.39, 0.29) is 23.4 Å². The molecule has 1 rings (SSSR count). The van der Waals surface area contributed by atoms with Gasteiger partial charge in [0.05, 0.1) is 14.2 Å². The molecule has 7 nitrogen and oxygen atoms in total. The Labute approximate surface area is 86.0 Å². The highest BCUT2D eigenvalue weighted by Gasteiger charge is 2.16. The first kappa shape index (κ1) is 10.5. The molecule has 0 saturated carbocycles. The predicted molar refractivity (Wildman–Crippen MR) is 50.3 cm³/mol. The zero-order chi connectivity index (χ0) is 11.3. The molecule has 0 aromatic heterocycles. The van der Waals surface area contributed by atoms with E-state index in [1.54, 1.807) is 12.1 Å². The number of nitrogens with zero attached hydrogens (tertiary/aromatic N) is 4. The summed E-state index contributed by atoms with van der Waals surface area (Å²) in [5.74, 6) is 0.0590. The van der Waals surface area contributed by atoms with Crippen molar-refractivity contribution in [2.45, 2.75) is 0 Å². The van der Waals surface area contributed by atoms with Gasteiger partial charge in [-0.3, -0.25) is 5.32 Å². The van der Waals surface area contributed by atoms with Crippen molar-refractivity contribution >= 4 is 12.0 Å². The molecule has 7 heteroatoms. The van der Waals surface area contributed by atoms with Gasteiger partial charge < -0.3 is 9.47 Å². The Morgan fingerprint density at radius 3 is 2.33 bits per heavy atom. The molecular weight excluding hydrogens is 198 g/mol. The number of aliphatic imine (C=N–C) groups is 2. The number of nitrogens with one attached hydrogen (secondary N) is 1. The highest BCUT2D eigenvalue weighted by Crippen LogP contribution is 2.07. The molecular formula is C8H7N5O2. The zero-order valence-corrected chi connectivity index (χ0v) is 8.11. The molecule has 0 amide bonds. The fourth-order valence-corrected chi connectivity index (χ4v) is 0.802. The Balaban J connectivity index is 3.15. The summed E-state index contributed by atoms with van der Waals surface area (Å²) in [6, 6.07) is 3.52. The molecule has 0 radical (unpaired) electrons. The molecule has 1 aliphatic heterocycles. The van der Waals surface area contributed by atoms with Crippen LogP contribution in [-0.4, -0.2) is 26.3 Å². The Morgan fingerprint density at radius 2 is 1.87 bits per heavy atom. The highest BCUT2D eigenvalue weighted by molar-refractivity contribution is 5.93. The number of hydrogen-bond acceptors (Lipinski definition) is 7. The third-order valence-electron chi connectivity index (χ3n) is 1.47. The van der Waals surface area contributed by atoms with Crippen LogP contribution in [-0.2, 0) is 9.47 Å². The summed E-state index contributed by atoms with van der Waals surface area (Å²) in [5, 5.41) is 19.8. The normalized spacial score (nSPS) is 13.7. The summed E-state index contributed by atoms with van der Waals surface area (Å²) in [7, 11) is 2.76. The van der Waals surface area contributed by atoms with Gasteiger partial charge in [0.15, 0.2) is 11.4 Å². The number of nitriles is 2. The number of rotatable bonds is 0. The first-order chi connectivity index (χ1) is 7.24. The summed E-state index contributed by atoms with van der Waals surface area (Å²) < 4.78 is 9.60. The monoisotopic (exact) mass is 205 g/mol. The van der Waals surface area contributed by atoms with Gasteiger partial charge in [0.25, 0.3) is 6.02 Å². The van der Waals surface area contributed by atoms with Gasteiger partial charge in [-0.15, -0.1) is 4.99 Å². The number of methoxy groups -OCH3 is 2. The Hall–Kier alpha value is -2.54. The third-order valence-corrected chi connectivity index (χ3v) is 1.47. The van der Waals surface area contributed by atoms with Crippen molar-refractivity contribution in [1.29, 1.82) is 10.5 Å². The smallest absolute Gasteiger partial charge is 0.322 e. The van der Waals surface area contributed by atoms with Crippen molar-refractivity contribution in [2.24, 2.45) is 9.98 Å². The lowest BCUT2D eigenvalue weighted by atomic mass is 10.3. The first-order valence-electron chi connectivity index (χ1n) is 3.82. The van der Waals surface area contributed by atoms with Crippen LogP contribution in [0.1, 0.15) is 0 Å². The molecule has 0 aliphatic carbocycles. The standard InChI is InChI=1S/C8H7N5O2/c1-14-7-11-6(5(3-9)4-10)12-8(13-7)15-2/h1-2H3,(H,11,12,13). The molecule has 1 N–H and O–H groups in total. The molecule has 0 unspecified atom stereocenters. The number of hydrogen-bond donors (Lipinski definition) is 1. The van der Waals surface area contributed by atoms with Crippen LogP contribution in [0.15, 0.2) is 21.4 Å². The van der Waals surface area contributed by atoms with Crippen LogP contribution in [0.3, 0.4) is 0 Å². The van der Waals surface area contributed by atoms with E-state index in [0.29, 0.717) is 0 Å². The van der Waals surface area contributed by atoms with E-state index in [1.165, 1.54) is 14.2 Å². The molecule has 15 heavy (non-hydrogen) atoms. The van der Waals surface area contributed by atoms with E-state index in [2.05, 4.69) is 15.3 Å². The lowest BCUT2D eigenvalue weighted by molar-refractivity contribution is 0.366. The van der Waals surface area contributed by atoms with Gasteiger partial charge >= 0.3 is 6.02 Å². The van der Waals surface area contributed by atoms with Gasteiger partial charge in [-0.2, -0.15) is 15.5 Å². The molecule has 0 bridgehead atoms. The quantitative estimate of drug-likeness (QED) is 0.554. The van der Waals surface area contributed by atoms with Crippen LogP contribution in [0.25, 0.3) is 0 Å². The zero-order valence-electron chi connectivity index (χ0n) is 8.11. The summed E-state index contributed by atoms with van der Waals surface area (Å²) in [6.45, 7) is 0. The summed E-state index contributed by atoms with van der Waals surface area (Å²) in [5.41, 5.74) is -0.172. The largest absolute Gasteiger partial charge is 0.468 e. The molecule has 1 aliphatic rings. The fraction of sp³-hybridized carbons (Fsp3) is 0.250. The number of ether oxygens (including phenoxy) is 2. The van der Waals surface area contributed by atoms with E-state index < -0.39 is 0 Å². The second-order valence-electron chi connectivity index (χ2n) is 2.29. The van der Waals surface area contributed by atoms with Crippen LogP contribution in [0.4, 0.5) is 0 Å². The van der Waals surface area contributed by atoms with Crippen molar-refractivity contribution < 1.29 is 9.47 Å². The van der Waals surface area contributed by atoms with E-state index in [0.717, 1.165) is 0 Å². The van der Waals surface area contributed by atoms with E-state index in [4.69, 9.17) is 20.0 Å². The highest BCUT2D eigenvalue weighted by atomic mass is 16.5. The average molecular weight is 205 g/mol. The minimum atomic E-state index is -0.172. The number of amidine groups is 2. The second kappa shape index (κ2) is 4.63. The average Bonchev–Trinajstić information content (AvgIpc) is 2.30. The van der Waals surface area contributed by atoms with Crippen molar-refractivity contribution in [1.82, 2.24) is 5.32 Å². The molecule has 0 spiro atoms. The van der Waals surface area contributed by atoms with Crippen LogP contribution >= 0.6 is 0 Å². The third kappa shape index (κ3) is 2.23. The van der Waals surface area contributed by atoms with Gasteiger partial charge in [-0.25, -0.2) is 0 Å². The molecule has 0 atom stereocenters. The minimum Gasteiger partial charge on any atom is -0.468 e. The van der Waals surface area contributed by atoms with E-state index in [1.807, 2.05) is 0 Å². The van der Waals surface area contributed by atoms with Gasteiger partial charge in [-0.05, 0) is 0 Å². The van der Waals surface area contributed by atoms with Gasteiger partial charge in [0.2, 0.25) is 0 Å². The fourth-order valence-electron chi connectivity index (χ4n) is 0.802. The maximum Gasteiger partial charge on any atom is 0.322 e. The van der Waals surface area contributed by atoms with Crippen molar-refractivity contribution in [2.75, 3.05) is 14.2 Å². The van der Waals surface area contributed by atoms with Crippen molar-refractivity contribution in [3.63, 3.8) is 0 Å². The summed E-state index contributed by atoms with van der Waals surface area (Å²) >= 11 is 0. The van der Waals surface area contributed by atoms with Crippen molar-refractivity contribution in [3.05, 3.63) is 11.4 Å². The van der Waals surface area contributed by atoms with E-state index >= 15 is 0 Å². The molecule has 0 aromatic carbocycles. The molecule has 0 aromatic rings. The molecule has 76 valence electrons. The Kier molecular flexibility index (Phi) is 3.25. The minimum absolute atomic E-state index is 0.0172. The van der Waals surface area contributed by atoms with E-state index in [9.17, 15) is 0 Å². The van der Waals surface area contributed by atoms with Crippen LogP contribution in [0.5, 0.6) is 0 Å². The molecule has 1 heterocycles. The number of allylic oxidation sites excluding steroid dienone is 1. The van der Waals surface area contributed by atoms with Crippen LogP contribution in [0, 0.1) is 22.7 Å². The van der Waals surface area contributed by atoms with Gasteiger partial charge in [0.1, 0.15) is 12.1 Å². The molecule has 0 fully saturated rings. The first-order valence-corrected chi connectivity index (χ1v) is 3.82. The SMILES string of the molecule is COC1=NC(=C(C#N)C#N)NC(OC)=N1. The lowest BCUT2D eigenvalue weighted by Gasteiger charge is -2.13. The van der Waals surface area contributed by atoms with Gasteiger partial charge in [0, 0.05) is 0 Å². The maximum absolute atomic E-state index is 8.64. The van der Waals surface area contributed by atoms with Gasteiger partial charge in [-0.1, -0.05) is 0 Å². The predicted octanol–water partition coefficient (Wildman–Crippen LogP) is -0.147. The van der Waals surface area contributed by atoms with Crippen LogP contribution in [0.2, 0.25) is 0 Å². The van der Waals surface area contributed by atoms with Crippen LogP contribution < -0.4 is 5.32 Å². The molecule has 0 saturated heterocycles. The Bertz CT molecular complexity index is 419. The lowest BCUT2D eigenvalue weighted by Crippen LogP contribution is -2.30. The summed E-state index contributed by atoms with van der Waals surface area (Å²) in [4.78, 5) is 7.57. The maximum atomic E-state index is 8.64.